The van der Waals surface area contributed by atoms with Crippen molar-refractivity contribution in [3.63, 3.8) is 0 Å². The van der Waals surface area contributed by atoms with Crippen LogP contribution in [0.25, 0.3) is 0 Å². The first-order valence-electron chi connectivity index (χ1n) is 3.92. The molecule has 0 atom stereocenters. The second kappa shape index (κ2) is 5.19. The van der Waals surface area contributed by atoms with Gasteiger partial charge in [0.05, 0.1) is 6.54 Å². The third-order valence-electron chi connectivity index (χ3n) is 1.48. The lowest BCUT2D eigenvalue weighted by Gasteiger charge is -2.00. The number of rotatable bonds is 5. The maximum Gasteiger partial charge on any atom is 0.193 e. The maximum atomic E-state index is 5.59. The van der Waals surface area contributed by atoms with E-state index in [4.69, 9.17) is 16.0 Å². The van der Waals surface area contributed by atoms with Gasteiger partial charge >= 0.3 is 0 Å². The van der Waals surface area contributed by atoms with Gasteiger partial charge in [-0.25, -0.2) is 0 Å². The fourth-order valence-electron chi connectivity index (χ4n) is 0.872. The molecule has 0 fully saturated rings. The van der Waals surface area contributed by atoms with Crippen molar-refractivity contribution in [3.8, 4) is 0 Å². The number of likely N-dealkylation sites (N-methyl/N-ethyl adjacent to an activating group) is 1. The van der Waals surface area contributed by atoms with E-state index in [-0.39, 0.29) is 0 Å². The third kappa shape index (κ3) is 3.26. The summed E-state index contributed by atoms with van der Waals surface area (Å²) in [5.74, 6) is 0.871. The van der Waals surface area contributed by atoms with Crippen molar-refractivity contribution in [2.75, 3.05) is 20.1 Å². The fourth-order valence-corrected chi connectivity index (χ4v) is 1.03. The molecule has 0 spiro atoms. The molecule has 3 nitrogen and oxygen atoms in total. The molecule has 0 bridgehead atoms. The average Bonchev–Trinajstić information content (AvgIpc) is 2.45. The van der Waals surface area contributed by atoms with Gasteiger partial charge in [-0.1, -0.05) is 0 Å². The number of nitrogens with one attached hydrogen (secondary N) is 2. The van der Waals surface area contributed by atoms with Crippen LogP contribution in [0.15, 0.2) is 16.5 Å². The lowest BCUT2D eigenvalue weighted by atomic mass is 10.4. The Balaban J connectivity index is 2.15. The van der Waals surface area contributed by atoms with Crippen LogP contribution in [0.2, 0.25) is 5.22 Å². The highest BCUT2D eigenvalue weighted by atomic mass is 35.5. The summed E-state index contributed by atoms with van der Waals surface area (Å²) in [4.78, 5) is 0. The molecule has 0 amide bonds. The zero-order valence-corrected chi connectivity index (χ0v) is 7.82. The molecule has 1 heterocycles. The Bertz CT molecular complexity index is 225. The van der Waals surface area contributed by atoms with E-state index in [0.29, 0.717) is 5.22 Å². The van der Waals surface area contributed by atoms with Gasteiger partial charge in [0.25, 0.3) is 0 Å². The largest absolute Gasteiger partial charge is 0.448 e. The molecular formula is C8H13ClN2O. The molecule has 4 heteroatoms. The SMILES string of the molecule is CNCCNCc1ccc(Cl)o1. The van der Waals surface area contributed by atoms with Gasteiger partial charge in [0.1, 0.15) is 5.76 Å². The van der Waals surface area contributed by atoms with Crippen molar-refractivity contribution in [1.29, 1.82) is 0 Å². The summed E-state index contributed by atoms with van der Waals surface area (Å²) in [5.41, 5.74) is 0. The summed E-state index contributed by atoms with van der Waals surface area (Å²) in [6, 6.07) is 3.62. The topological polar surface area (TPSA) is 37.2 Å². The Kier molecular flexibility index (Phi) is 4.14. The highest BCUT2D eigenvalue weighted by Gasteiger charge is 1.97. The molecule has 2 N–H and O–H groups in total. The van der Waals surface area contributed by atoms with E-state index < -0.39 is 0 Å². The van der Waals surface area contributed by atoms with Crippen LogP contribution in [0.5, 0.6) is 0 Å². The zero-order valence-electron chi connectivity index (χ0n) is 7.06. The highest BCUT2D eigenvalue weighted by molar-refractivity contribution is 6.28. The standard InChI is InChI=1S/C8H13ClN2O/c1-10-4-5-11-6-7-2-3-8(9)12-7/h2-3,10-11H,4-6H2,1H3. The van der Waals surface area contributed by atoms with Gasteiger partial charge in [0.2, 0.25) is 0 Å². The molecule has 0 aliphatic carbocycles. The minimum absolute atomic E-state index is 0.445. The summed E-state index contributed by atoms with van der Waals surface area (Å²) in [6.45, 7) is 2.61. The third-order valence-corrected chi connectivity index (χ3v) is 1.68. The second-order valence-electron chi connectivity index (χ2n) is 2.49. The Hall–Kier alpha value is -0.510. The van der Waals surface area contributed by atoms with Crippen LogP contribution in [-0.2, 0) is 6.54 Å². The van der Waals surface area contributed by atoms with E-state index in [1.54, 1.807) is 6.07 Å². The van der Waals surface area contributed by atoms with Crippen LogP contribution in [0.4, 0.5) is 0 Å². The van der Waals surface area contributed by atoms with E-state index >= 15 is 0 Å². The first-order chi connectivity index (χ1) is 5.83. The van der Waals surface area contributed by atoms with Crippen LogP contribution in [0.3, 0.4) is 0 Å². The molecule has 0 saturated heterocycles. The first-order valence-corrected chi connectivity index (χ1v) is 4.30. The minimum Gasteiger partial charge on any atom is -0.448 e. The van der Waals surface area contributed by atoms with E-state index in [1.165, 1.54) is 0 Å². The van der Waals surface area contributed by atoms with Crippen LogP contribution in [0.1, 0.15) is 5.76 Å². The molecule has 0 aliphatic rings. The Labute approximate surface area is 77.1 Å². The van der Waals surface area contributed by atoms with Crippen LogP contribution >= 0.6 is 11.6 Å². The number of hydrogen-bond donors (Lipinski definition) is 2. The van der Waals surface area contributed by atoms with Gasteiger partial charge in [-0.05, 0) is 30.8 Å². The van der Waals surface area contributed by atoms with Crippen molar-refractivity contribution < 1.29 is 4.42 Å². The monoisotopic (exact) mass is 188 g/mol. The lowest BCUT2D eigenvalue weighted by Crippen LogP contribution is -2.24. The van der Waals surface area contributed by atoms with Crippen molar-refractivity contribution in [2.24, 2.45) is 0 Å². The quantitative estimate of drug-likeness (QED) is 0.683. The van der Waals surface area contributed by atoms with Crippen LogP contribution < -0.4 is 10.6 Å². The van der Waals surface area contributed by atoms with Crippen LogP contribution in [0, 0.1) is 0 Å². The van der Waals surface area contributed by atoms with E-state index in [0.717, 1.165) is 25.4 Å². The summed E-state index contributed by atoms with van der Waals surface area (Å²) in [7, 11) is 1.92. The molecule has 1 rings (SSSR count). The van der Waals surface area contributed by atoms with Gasteiger partial charge in [-0.3, -0.25) is 0 Å². The Morgan fingerprint density at radius 1 is 1.42 bits per heavy atom. The molecule has 0 aliphatic heterocycles. The molecule has 1 aromatic heterocycles. The Morgan fingerprint density at radius 3 is 2.83 bits per heavy atom. The van der Waals surface area contributed by atoms with E-state index in [9.17, 15) is 0 Å². The van der Waals surface area contributed by atoms with Crippen molar-refractivity contribution in [3.05, 3.63) is 23.1 Å². The lowest BCUT2D eigenvalue weighted by molar-refractivity contribution is 0.484. The second-order valence-corrected chi connectivity index (χ2v) is 2.86. The summed E-state index contributed by atoms with van der Waals surface area (Å²) in [6.07, 6.45) is 0. The predicted octanol–water partition coefficient (Wildman–Crippen LogP) is 1.24. The molecule has 0 radical (unpaired) electrons. The van der Waals surface area contributed by atoms with Gasteiger partial charge in [-0.2, -0.15) is 0 Å². The zero-order chi connectivity index (χ0) is 8.81. The average molecular weight is 189 g/mol. The molecule has 0 saturated carbocycles. The van der Waals surface area contributed by atoms with Crippen molar-refractivity contribution in [2.45, 2.75) is 6.54 Å². The van der Waals surface area contributed by atoms with Crippen LogP contribution in [-0.4, -0.2) is 20.1 Å². The number of furan rings is 1. The van der Waals surface area contributed by atoms with Gasteiger partial charge in [0.15, 0.2) is 5.22 Å². The summed E-state index contributed by atoms with van der Waals surface area (Å²) >= 11 is 5.59. The molecule has 0 unspecified atom stereocenters. The molecule has 68 valence electrons. The van der Waals surface area contributed by atoms with E-state index in [2.05, 4.69) is 10.6 Å². The number of hydrogen-bond acceptors (Lipinski definition) is 3. The number of halogens is 1. The normalized spacial score (nSPS) is 10.5. The fraction of sp³-hybridized carbons (Fsp3) is 0.500. The van der Waals surface area contributed by atoms with Gasteiger partial charge in [0, 0.05) is 13.1 Å². The summed E-state index contributed by atoms with van der Waals surface area (Å²) < 4.78 is 5.15. The summed E-state index contributed by atoms with van der Waals surface area (Å²) in [5, 5.41) is 6.69. The van der Waals surface area contributed by atoms with Crippen molar-refractivity contribution >= 4 is 11.6 Å². The maximum absolute atomic E-state index is 5.59. The first kappa shape index (κ1) is 9.58. The minimum atomic E-state index is 0.445. The van der Waals surface area contributed by atoms with E-state index in [1.807, 2.05) is 13.1 Å². The van der Waals surface area contributed by atoms with Crippen molar-refractivity contribution in [1.82, 2.24) is 10.6 Å². The molecule has 0 aromatic carbocycles. The van der Waals surface area contributed by atoms with Gasteiger partial charge < -0.3 is 15.1 Å². The Morgan fingerprint density at radius 2 is 2.25 bits per heavy atom. The smallest absolute Gasteiger partial charge is 0.193 e. The molecular weight excluding hydrogens is 176 g/mol. The predicted molar refractivity (Wildman–Crippen MR) is 49.4 cm³/mol. The molecule has 1 aromatic rings. The molecule has 12 heavy (non-hydrogen) atoms. The van der Waals surface area contributed by atoms with Gasteiger partial charge in [-0.15, -0.1) is 0 Å². The highest BCUT2D eigenvalue weighted by Crippen LogP contribution is 2.12.